The zero-order chi connectivity index (χ0) is 21.4. The highest BCUT2D eigenvalue weighted by atomic mass is 35.5. The van der Waals surface area contributed by atoms with E-state index in [2.05, 4.69) is 25.4 Å². The van der Waals surface area contributed by atoms with E-state index in [4.69, 9.17) is 16.1 Å². The molecular formula is C22H19ClN6O2. The van der Waals surface area contributed by atoms with Crippen LogP contribution >= 0.6 is 11.6 Å². The number of aromatic amines is 1. The zero-order valence-electron chi connectivity index (χ0n) is 16.7. The Morgan fingerprint density at radius 2 is 1.97 bits per heavy atom. The number of aromatic nitrogens is 4. The normalized spacial score (nSPS) is 15.5. The number of hydrogen-bond acceptors (Lipinski definition) is 5. The third-order valence-corrected chi connectivity index (χ3v) is 5.54. The first-order valence-corrected chi connectivity index (χ1v) is 10.2. The summed E-state index contributed by atoms with van der Waals surface area (Å²) >= 11 is 5.97. The van der Waals surface area contributed by atoms with Gasteiger partial charge in [0.25, 0.3) is 0 Å². The maximum Gasteiger partial charge on any atom is 0.322 e. The Morgan fingerprint density at radius 1 is 1.19 bits per heavy atom. The number of halogens is 1. The Bertz CT molecular complexity index is 1220. The second-order valence-corrected chi connectivity index (χ2v) is 7.87. The van der Waals surface area contributed by atoms with Crippen molar-refractivity contribution in [3.8, 4) is 11.4 Å². The van der Waals surface area contributed by atoms with Gasteiger partial charge in [0.05, 0.1) is 24.3 Å². The highest BCUT2D eigenvalue weighted by Gasteiger charge is 2.36. The van der Waals surface area contributed by atoms with Crippen molar-refractivity contribution in [2.24, 2.45) is 0 Å². The smallest absolute Gasteiger partial charge is 0.322 e. The number of H-pyrrole nitrogens is 1. The number of imidazole rings is 1. The summed E-state index contributed by atoms with van der Waals surface area (Å²) in [6.45, 7) is 2.36. The number of amides is 2. The average Bonchev–Trinajstić information content (AvgIpc) is 3.44. The summed E-state index contributed by atoms with van der Waals surface area (Å²) in [4.78, 5) is 26.9. The lowest BCUT2D eigenvalue weighted by Gasteiger charge is -2.32. The van der Waals surface area contributed by atoms with E-state index in [0.29, 0.717) is 29.7 Å². The van der Waals surface area contributed by atoms with Crippen LogP contribution in [-0.2, 0) is 13.0 Å². The molecule has 1 unspecified atom stereocenters. The fourth-order valence-corrected chi connectivity index (χ4v) is 3.71. The topological polar surface area (TPSA) is 99.9 Å². The molecule has 0 saturated heterocycles. The van der Waals surface area contributed by atoms with Gasteiger partial charge in [-0.3, -0.25) is 0 Å². The van der Waals surface area contributed by atoms with Gasteiger partial charge in [-0.15, -0.1) is 0 Å². The summed E-state index contributed by atoms with van der Waals surface area (Å²) in [6.07, 6.45) is 2.11. The number of anilines is 1. The van der Waals surface area contributed by atoms with Gasteiger partial charge >= 0.3 is 6.03 Å². The number of fused-ring (bicyclic) bond motifs is 1. The van der Waals surface area contributed by atoms with Gasteiger partial charge < -0.3 is 19.7 Å². The fraction of sp³-hybridized carbons (Fsp3) is 0.182. The summed E-state index contributed by atoms with van der Waals surface area (Å²) in [5.41, 5.74) is 4.41. The molecule has 0 fully saturated rings. The van der Waals surface area contributed by atoms with Crippen LogP contribution in [0.2, 0.25) is 5.02 Å². The molecule has 0 saturated carbocycles. The van der Waals surface area contributed by atoms with E-state index in [-0.39, 0.29) is 6.03 Å². The minimum Gasteiger partial charge on any atom is -0.347 e. The van der Waals surface area contributed by atoms with E-state index >= 15 is 0 Å². The number of aryl methyl sites for hydroxylation is 1. The summed E-state index contributed by atoms with van der Waals surface area (Å²) in [5, 5.41) is 7.69. The molecule has 2 N–H and O–H groups in total. The van der Waals surface area contributed by atoms with E-state index in [1.54, 1.807) is 23.4 Å². The van der Waals surface area contributed by atoms with Gasteiger partial charge in [-0.05, 0) is 43.3 Å². The van der Waals surface area contributed by atoms with Crippen molar-refractivity contribution in [3.63, 3.8) is 0 Å². The Morgan fingerprint density at radius 3 is 2.74 bits per heavy atom. The molecule has 4 aromatic rings. The molecule has 8 nitrogen and oxygen atoms in total. The van der Waals surface area contributed by atoms with Crippen molar-refractivity contribution in [1.29, 1.82) is 0 Å². The predicted octanol–water partition coefficient (Wildman–Crippen LogP) is 4.75. The zero-order valence-corrected chi connectivity index (χ0v) is 17.4. The molecule has 0 radical (unpaired) electrons. The number of rotatable bonds is 3. The van der Waals surface area contributed by atoms with Gasteiger partial charge in [0.2, 0.25) is 11.7 Å². The molecule has 0 spiro atoms. The van der Waals surface area contributed by atoms with Gasteiger partial charge in [0, 0.05) is 22.7 Å². The van der Waals surface area contributed by atoms with Crippen LogP contribution in [0.5, 0.6) is 0 Å². The minimum absolute atomic E-state index is 0.250. The third kappa shape index (κ3) is 3.89. The number of urea groups is 1. The van der Waals surface area contributed by atoms with Gasteiger partial charge in [-0.2, -0.15) is 4.98 Å². The van der Waals surface area contributed by atoms with Crippen molar-refractivity contribution in [1.82, 2.24) is 25.0 Å². The van der Waals surface area contributed by atoms with Gasteiger partial charge in [-0.1, -0.05) is 34.5 Å². The van der Waals surface area contributed by atoms with Crippen molar-refractivity contribution < 1.29 is 9.32 Å². The fourth-order valence-electron chi connectivity index (χ4n) is 3.59. The molecule has 1 atom stereocenters. The second kappa shape index (κ2) is 7.88. The number of nitrogens with one attached hydrogen (secondary N) is 2. The van der Waals surface area contributed by atoms with Gasteiger partial charge in [0.15, 0.2) is 0 Å². The molecule has 5 rings (SSSR count). The summed E-state index contributed by atoms with van der Waals surface area (Å²) in [7, 11) is 0. The van der Waals surface area contributed by atoms with Crippen LogP contribution in [0.1, 0.15) is 28.9 Å². The lowest BCUT2D eigenvalue weighted by molar-refractivity contribution is 0.155. The van der Waals surface area contributed by atoms with Crippen LogP contribution in [0.15, 0.2) is 59.4 Å². The quantitative estimate of drug-likeness (QED) is 0.484. The minimum atomic E-state index is -0.435. The van der Waals surface area contributed by atoms with Crippen LogP contribution in [0, 0.1) is 6.92 Å². The SMILES string of the molecule is Cc1ccc(NC(=O)N2Cc3[nH]cnc3CC2c2nc(-c3ccc(Cl)cc3)no2)cc1. The number of benzene rings is 2. The second-order valence-electron chi connectivity index (χ2n) is 7.43. The molecule has 2 amide bonds. The first kappa shape index (κ1) is 19.3. The first-order chi connectivity index (χ1) is 15.1. The van der Waals surface area contributed by atoms with E-state index in [1.165, 1.54) is 0 Å². The molecule has 2 aromatic heterocycles. The Hall–Kier alpha value is -3.65. The molecule has 156 valence electrons. The first-order valence-electron chi connectivity index (χ1n) is 9.82. The van der Waals surface area contributed by atoms with Crippen LogP contribution < -0.4 is 5.32 Å². The van der Waals surface area contributed by atoms with E-state index < -0.39 is 6.04 Å². The van der Waals surface area contributed by atoms with Crippen LogP contribution in [0.4, 0.5) is 10.5 Å². The lowest BCUT2D eigenvalue weighted by atomic mass is 10.0. The molecule has 2 aromatic carbocycles. The van der Waals surface area contributed by atoms with E-state index in [9.17, 15) is 4.79 Å². The summed E-state index contributed by atoms with van der Waals surface area (Å²) in [5.74, 6) is 0.802. The third-order valence-electron chi connectivity index (χ3n) is 5.29. The molecule has 31 heavy (non-hydrogen) atoms. The summed E-state index contributed by atoms with van der Waals surface area (Å²) in [6, 6.07) is 14.2. The predicted molar refractivity (Wildman–Crippen MR) is 116 cm³/mol. The van der Waals surface area contributed by atoms with Crippen LogP contribution in [0.25, 0.3) is 11.4 Å². The highest BCUT2D eigenvalue weighted by Crippen LogP contribution is 2.32. The van der Waals surface area contributed by atoms with Crippen molar-refractivity contribution in [2.75, 3.05) is 5.32 Å². The Labute approximate surface area is 183 Å². The Kier molecular flexibility index (Phi) is 4.91. The molecule has 9 heteroatoms. The van der Waals surface area contributed by atoms with Crippen molar-refractivity contribution >= 4 is 23.3 Å². The van der Waals surface area contributed by atoms with Gasteiger partial charge in [-0.25, -0.2) is 9.78 Å². The van der Waals surface area contributed by atoms with Crippen LogP contribution in [0.3, 0.4) is 0 Å². The molecule has 1 aliphatic rings. The van der Waals surface area contributed by atoms with Crippen molar-refractivity contribution in [2.45, 2.75) is 25.9 Å². The number of carbonyl (C=O) groups excluding carboxylic acids is 1. The monoisotopic (exact) mass is 434 g/mol. The standard InChI is InChI=1S/C22H19ClN6O2/c1-13-2-8-16(9-3-13)26-22(30)29-11-18-17(24-12-25-18)10-19(29)21-27-20(28-31-21)14-4-6-15(23)7-5-14/h2-9,12,19H,10-11H2,1H3,(H,24,25)(H,26,30). The number of carbonyl (C=O) groups is 1. The number of nitrogens with zero attached hydrogens (tertiary/aromatic N) is 4. The Balaban J connectivity index is 1.44. The highest BCUT2D eigenvalue weighted by molar-refractivity contribution is 6.30. The maximum atomic E-state index is 13.2. The lowest BCUT2D eigenvalue weighted by Crippen LogP contribution is -2.41. The van der Waals surface area contributed by atoms with Gasteiger partial charge in [0.1, 0.15) is 6.04 Å². The molecule has 0 bridgehead atoms. The molecule has 3 heterocycles. The average molecular weight is 435 g/mol. The molecule has 0 aliphatic carbocycles. The largest absolute Gasteiger partial charge is 0.347 e. The van der Waals surface area contributed by atoms with Crippen LogP contribution in [-0.4, -0.2) is 31.0 Å². The van der Waals surface area contributed by atoms with E-state index in [0.717, 1.165) is 28.2 Å². The molecule has 1 aliphatic heterocycles. The molecular weight excluding hydrogens is 416 g/mol. The maximum absolute atomic E-state index is 13.2. The van der Waals surface area contributed by atoms with E-state index in [1.807, 2.05) is 43.3 Å². The van der Waals surface area contributed by atoms with Crippen molar-refractivity contribution in [3.05, 3.63) is 82.7 Å². The summed E-state index contributed by atoms with van der Waals surface area (Å²) < 4.78 is 5.57. The number of hydrogen-bond donors (Lipinski definition) is 2.